The second-order valence-corrected chi connectivity index (χ2v) is 4.13. The van der Waals surface area contributed by atoms with Gasteiger partial charge in [-0.3, -0.25) is 0 Å². The summed E-state index contributed by atoms with van der Waals surface area (Å²) in [4.78, 5) is 0. The van der Waals surface area contributed by atoms with Crippen molar-refractivity contribution in [1.29, 1.82) is 0 Å². The first-order valence-corrected chi connectivity index (χ1v) is 5.62. The summed E-state index contributed by atoms with van der Waals surface area (Å²) in [7, 11) is 0. The lowest BCUT2D eigenvalue weighted by molar-refractivity contribution is 0.724. The summed E-state index contributed by atoms with van der Waals surface area (Å²) < 4.78 is 0. The molecule has 1 unspecified atom stereocenters. The van der Waals surface area contributed by atoms with E-state index in [1.165, 1.54) is 11.1 Å². The Labute approximate surface area is 88.2 Å². The maximum atomic E-state index is 6.09. The van der Waals surface area contributed by atoms with E-state index in [0.29, 0.717) is 0 Å². The Bertz CT molecular complexity index is 366. The van der Waals surface area contributed by atoms with Gasteiger partial charge in [0.1, 0.15) is 0 Å². The van der Waals surface area contributed by atoms with E-state index in [9.17, 15) is 0 Å². The molecule has 1 aromatic carbocycles. The minimum Gasteiger partial charge on any atom is -0.324 e. The minimum atomic E-state index is 0.116. The zero-order chi connectivity index (χ0) is 9.80. The third-order valence-electron chi connectivity index (χ3n) is 2.26. The van der Waals surface area contributed by atoms with Crippen LogP contribution in [-0.4, -0.2) is 0 Å². The Morgan fingerprint density at radius 3 is 2.57 bits per heavy atom. The Morgan fingerprint density at radius 2 is 1.93 bits per heavy atom. The highest BCUT2D eigenvalue weighted by molar-refractivity contribution is 7.07. The first-order valence-electron chi connectivity index (χ1n) is 4.68. The second kappa shape index (κ2) is 4.40. The summed E-state index contributed by atoms with van der Waals surface area (Å²) in [6, 6.07) is 12.5. The molecule has 0 amide bonds. The maximum absolute atomic E-state index is 6.09. The van der Waals surface area contributed by atoms with Gasteiger partial charge in [-0.15, -0.1) is 0 Å². The second-order valence-electron chi connectivity index (χ2n) is 3.35. The molecule has 0 saturated carbocycles. The van der Waals surface area contributed by atoms with E-state index in [-0.39, 0.29) is 6.04 Å². The van der Waals surface area contributed by atoms with E-state index < -0.39 is 0 Å². The average molecular weight is 203 g/mol. The quantitative estimate of drug-likeness (QED) is 0.815. The Morgan fingerprint density at radius 1 is 1.14 bits per heavy atom. The molecule has 0 spiro atoms. The van der Waals surface area contributed by atoms with Crippen LogP contribution in [0, 0.1) is 0 Å². The molecule has 2 aromatic rings. The minimum absolute atomic E-state index is 0.116. The Hall–Kier alpha value is -1.12. The van der Waals surface area contributed by atoms with Crippen molar-refractivity contribution in [3.63, 3.8) is 0 Å². The van der Waals surface area contributed by atoms with Crippen molar-refractivity contribution in [2.75, 3.05) is 0 Å². The van der Waals surface area contributed by atoms with Crippen molar-refractivity contribution in [2.24, 2.45) is 5.73 Å². The molecule has 1 aromatic heterocycles. The van der Waals surface area contributed by atoms with Gasteiger partial charge in [0.25, 0.3) is 0 Å². The van der Waals surface area contributed by atoms with Gasteiger partial charge in [0.15, 0.2) is 0 Å². The normalized spacial score (nSPS) is 12.6. The molecule has 2 heteroatoms. The molecule has 0 aliphatic carbocycles. The predicted molar refractivity (Wildman–Crippen MR) is 61.4 cm³/mol. The van der Waals surface area contributed by atoms with Gasteiger partial charge in [-0.2, -0.15) is 11.3 Å². The van der Waals surface area contributed by atoms with Gasteiger partial charge in [-0.25, -0.2) is 0 Å². The van der Waals surface area contributed by atoms with Crippen molar-refractivity contribution in [2.45, 2.75) is 12.5 Å². The first-order chi connectivity index (χ1) is 6.86. The summed E-state index contributed by atoms with van der Waals surface area (Å²) in [6.45, 7) is 0. The zero-order valence-corrected chi connectivity index (χ0v) is 8.71. The fourth-order valence-electron chi connectivity index (χ4n) is 1.48. The standard InChI is InChI=1S/C12H13NS/c13-12(8-10-6-7-14-9-10)11-4-2-1-3-5-11/h1-7,9,12H,8,13H2. The largest absolute Gasteiger partial charge is 0.324 e. The van der Waals surface area contributed by atoms with Gasteiger partial charge in [0.2, 0.25) is 0 Å². The van der Waals surface area contributed by atoms with Crippen LogP contribution in [0.3, 0.4) is 0 Å². The topological polar surface area (TPSA) is 26.0 Å². The van der Waals surface area contributed by atoms with Crippen molar-refractivity contribution in [3.8, 4) is 0 Å². The first kappa shape index (κ1) is 9.44. The molecular weight excluding hydrogens is 190 g/mol. The van der Waals surface area contributed by atoms with Crippen LogP contribution in [0.4, 0.5) is 0 Å². The lowest BCUT2D eigenvalue weighted by Crippen LogP contribution is -2.12. The van der Waals surface area contributed by atoms with Gasteiger partial charge in [0, 0.05) is 6.04 Å². The molecular formula is C12H13NS. The number of thiophene rings is 1. The number of rotatable bonds is 3. The van der Waals surface area contributed by atoms with Crippen LogP contribution < -0.4 is 5.73 Å². The molecule has 1 heterocycles. The molecule has 0 aliphatic heterocycles. The summed E-state index contributed by atoms with van der Waals surface area (Å²) in [5, 5.41) is 4.25. The molecule has 72 valence electrons. The van der Waals surface area contributed by atoms with Crippen LogP contribution in [0.1, 0.15) is 17.2 Å². The third-order valence-corrected chi connectivity index (χ3v) is 3.00. The van der Waals surface area contributed by atoms with Crippen molar-refractivity contribution in [3.05, 3.63) is 58.3 Å². The van der Waals surface area contributed by atoms with Gasteiger partial charge in [0.05, 0.1) is 0 Å². The highest BCUT2D eigenvalue weighted by Crippen LogP contribution is 2.17. The number of benzene rings is 1. The van der Waals surface area contributed by atoms with Crippen molar-refractivity contribution in [1.82, 2.24) is 0 Å². The van der Waals surface area contributed by atoms with Crippen LogP contribution in [0.15, 0.2) is 47.2 Å². The third kappa shape index (κ3) is 2.22. The molecule has 2 rings (SSSR count). The van der Waals surface area contributed by atoms with E-state index in [2.05, 4.69) is 29.0 Å². The monoisotopic (exact) mass is 203 g/mol. The fourth-order valence-corrected chi connectivity index (χ4v) is 2.16. The van der Waals surface area contributed by atoms with E-state index >= 15 is 0 Å². The SMILES string of the molecule is NC(Cc1ccsc1)c1ccccc1. The molecule has 2 N–H and O–H groups in total. The van der Waals surface area contributed by atoms with Crippen molar-refractivity contribution < 1.29 is 0 Å². The van der Waals surface area contributed by atoms with E-state index in [0.717, 1.165) is 6.42 Å². The number of hydrogen-bond acceptors (Lipinski definition) is 2. The van der Waals surface area contributed by atoms with Gasteiger partial charge in [-0.1, -0.05) is 30.3 Å². The number of nitrogens with two attached hydrogens (primary N) is 1. The Kier molecular flexibility index (Phi) is 2.96. The summed E-state index contributed by atoms with van der Waals surface area (Å²) in [6.07, 6.45) is 0.924. The summed E-state index contributed by atoms with van der Waals surface area (Å²) >= 11 is 1.72. The van der Waals surface area contributed by atoms with Crippen LogP contribution in [0.5, 0.6) is 0 Å². The van der Waals surface area contributed by atoms with E-state index in [1.54, 1.807) is 11.3 Å². The van der Waals surface area contributed by atoms with Gasteiger partial charge in [-0.05, 0) is 34.4 Å². The van der Waals surface area contributed by atoms with E-state index in [4.69, 9.17) is 5.73 Å². The molecule has 0 radical (unpaired) electrons. The smallest absolute Gasteiger partial charge is 0.0336 e. The van der Waals surface area contributed by atoms with Crippen molar-refractivity contribution >= 4 is 11.3 Å². The molecule has 0 saturated heterocycles. The lowest BCUT2D eigenvalue weighted by atomic mass is 10.0. The van der Waals surface area contributed by atoms with Crippen LogP contribution in [-0.2, 0) is 6.42 Å². The molecule has 1 nitrogen and oxygen atoms in total. The fraction of sp³-hybridized carbons (Fsp3) is 0.167. The molecule has 0 bridgehead atoms. The molecule has 0 fully saturated rings. The summed E-state index contributed by atoms with van der Waals surface area (Å²) in [5.41, 5.74) is 8.62. The number of hydrogen-bond donors (Lipinski definition) is 1. The zero-order valence-electron chi connectivity index (χ0n) is 7.89. The molecule has 14 heavy (non-hydrogen) atoms. The molecule has 0 aliphatic rings. The van der Waals surface area contributed by atoms with Crippen LogP contribution in [0.2, 0.25) is 0 Å². The predicted octanol–water partition coefficient (Wildman–Crippen LogP) is 2.99. The Balaban J connectivity index is 2.07. The highest BCUT2D eigenvalue weighted by Gasteiger charge is 2.05. The van der Waals surface area contributed by atoms with Crippen LogP contribution >= 0.6 is 11.3 Å². The van der Waals surface area contributed by atoms with E-state index in [1.807, 2.05) is 18.2 Å². The van der Waals surface area contributed by atoms with Gasteiger partial charge < -0.3 is 5.73 Å². The maximum Gasteiger partial charge on any atom is 0.0336 e. The summed E-state index contributed by atoms with van der Waals surface area (Å²) in [5.74, 6) is 0. The molecule has 1 atom stereocenters. The lowest BCUT2D eigenvalue weighted by Gasteiger charge is -2.10. The van der Waals surface area contributed by atoms with Gasteiger partial charge >= 0.3 is 0 Å². The van der Waals surface area contributed by atoms with Crippen LogP contribution in [0.25, 0.3) is 0 Å². The average Bonchev–Trinajstić information content (AvgIpc) is 2.72. The highest BCUT2D eigenvalue weighted by atomic mass is 32.1.